The van der Waals surface area contributed by atoms with Gasteiger partial charge >= 0.3 is 5.97 Å². The van der Waals surface area contributed by atoms with Crippen molar-refractivity contribution in [1.29, 1.82) is 0 Å². The number of thioether (sulfide) groups is 1. The first-order valence-electron chi connectivity index (χ1n) is 6.35. The van der Waals surface area contributed by atoms with Crippen molar-refractivity contribution in [1.82, 2.24) is 0 Å². The van der Waals surface area contributed by atoms with E-state index in [-0.39, 0.29) is 11.5 Å². The SMILES string of the molecule is CN(C(=O)CSc1ccc(C(=O)O)cc1)c1ccccc1. The van der Waals surface area contributed by atoms with E-state index in [1.807, 2.05) is 30.3 Å². The summed E-state index contributed by atoms with van der Waals surface area (Å²) >= 11 is 1.39. The summed E-state index contributed by atoms with van der Waals surface area (Å²) in [6.07, 6.45) is 0. The van der Waals surface area contributed by atoms with Crippen molar-refractivity contribution in [3.8, 4) is 0 Å². The lowest BCUT2D eigenvalue weighted by Gasteiger charge is -2.16. The second-order valence-corrected chi connectivity index (χ2v) is 5.46. The highest BCUT2D eigenvalue weighted by Gasteiger charge is 2.11. The van der Waals surface area contributed by atoms with Crippen molar-refractivity contribution in [3.63, 3.8) is 0 Å². The minimum atomic E-state index is -0.952. The van der Waals surface area contributed by atoms with Crippen molar-refractivity contribution < 1.29 is 14.7 Å². The fraction of sp³-hybridized carbons (Fsp3) is 0.125. The predicted octanol–water partition coefficient (Wildman–Crippen LogP) is 3.14. The zero-order chi connectivity index (χ0) is 15.2. The predicted molar refractivity (Wildman–Crippen MR) is 84.0 cm³/mol. The van der Waals surface area contributed by atoms with Gasteiger partial charge in [-0.2, -0.15) is 0 Å². The molecule has 0 saturated carbocycles. The lowest BCUT2D eigenvalue weighted by molar-refractivity contribution is -0.115. The van der Waals surface area contributed by atoms with Crippen LogP contribution in [0.15, 0.2) is 59.5 Å². The van der Waals surface area contributed by atoms with E-state index in [1.54, 1.807) is 24.1 Å². The van der Waals surface area contributed by atoms with Crippen LogP contribution in [-0.2, 0) is 4.79 Å². The first kappa shape index (κ1) is 15.1. The molecule has 21 heavy (non-hydrogen) atoms. The first-order valence-corrected chi connectivity index (χ1v) is 7.34. The molecule has 0 unspecified atom stereocenters. The molecule has 0 bridgehead atoms. The van der Waals surface area contributed by atoms with Crippen LogP contribution in [0.1, 0.15) is 10.4 Å². The van der Waals surface area contributed by atoms with Crippen molar-refractivity contribution in [2.75, 3.05) is 17.7 Å². The monoisotopic (exact) mass is 301 g/mol. The van der Waals surface area contributed by atoms with Crippen LogP contribution in [-0.4, -0.2) is 29.8 Å². The number of anilines is 1. The minimum Gasteiger partial charge on any atom is -0.478 e. The molecule has 0 atom stereocenters. The molecule has 0 radical (unpaired) electrons. The average Bonchev–Trinajstić information content (AvgIpc) is 2.53. The van der Waals surface area contributed by atoms with Gasteiger partial charge in [0.15, 0.2) is 0 Å². The van der Waals surface area contributed by atoms with Crippen molar-refractivity contribution in [2.24, 2.45) is 0 Å². The van der Waals surface area contributed by atoms with Crippen LogP contribution in [0.2, 0.25) is 0 Å². The summed E-state index contributed by atoms with van der Waals surface area (Å²) in [6, 6.07) is 15.9. The standard InChI is InChI=1S/C16H15NO3S/c1-17(13-5-3-2-4-6-13)15(18)11-21-14-9-7-12(8-10-14)16(19)20/h2-10H,11H2,1H3,(H,19,20). The number of amides is 1. The summed E-state index contributed by atoms with van der Waals surface area (Å²) in [5, 5.41) is 8.83. The van der Waals surface area contributed by atoms with Gasteiger partial charge in [-0.25, -0.2) is 4.79 Å². The van der Waals surface area contributed by atoms with Crippen molar-refractivity contribution in [2.45, 2.75) is 4.90 Å². The summed E-state index contributed by atoms with van der Waals surface area (Å²) in [7, 11) is 1.74. The number of carboxylic acid groups (broad SMARTS) is 1. The first-order chi connectivity index (χ1) is 10.1. The van der Waals surface area contributed by atoms with Gasteiger partial charge < -0.3 is 10.0 Å². The highest BCUT2D eigenvalue weighted by molar-refractivity contribution is 8.00. The number of aromatic carboxylic acids is 1. The molecule has 1 N–H and O–H groups in total. The quantitative estimate of drug-likeness (QED) is 0.862. The maximum Gasteiger partial charge on any atom is 0.335 e. The molecular formula is C16H15NO3S. The number of carbonyl (C=O) groups excluding carboxylic acids is 1. The Labute approximate surface area is 127 Å². The van der Waals surface area contributed by atoms with Gasteiger partial charge in [-0.05, 0) is 36.4 Å². The molecule has 0 fully saturated rings. The Bertz CT molecular complexity index is 626. The zero-order valence-corrected chi connectivity index (χ0v) is 12.3. The zero-order valence-electron chi connectivity index (χ0n) is 11.5. The fourth-order valence-electron chi connectivity index (χ4n) is 1.73. The Hall–Kier alpha value is -2.27. The van der Waals surface area contributed by atoms with Crippen LogP contribution < -0.4 is 4.90 Å². The van der Waals surface area contributed by atoms with Crippen molar-refractivity contribution in [3.05, 3.63) is 60.2 Å². The minimum absolute atomic E-state index is 0.00601. The van der Waals surface area contributed by atoms with E-state index in [0.29, 0.717) is 5.75 Å². The molecule has 1 amide bonds. The van der Waals surface area contributed by atoms with Gasteiger partial charge in [0.2, 0.25) is 5.91 Å². The van der Waals surface area contributed by atoms with Crippen LogP contribution in [0.25, 0.3) is 0 Å². The molecule has 0 aromatic heterocycles. The van der Waals surface area contributed by atoms with Gasteiger partial charge in [0.1, 0.15) is 0 Å². The second-order valence-electron chi connectivity index (χ2n) is 4.41. The highest BCUT2D eigenvalue weighted by Crippen LogP contribution is 2.20. The summed E-state index contributed by atoms with van der Waals surface area (Å²) in [6.45, 7) is 0. The molecule has 0 spiro atoms. The van der Waals surface area contributed by atoms with Gasteiger partial charge in [-0.15, -0.1) is 11.8 Å². The highest BCUT2D eigenvalue weighted by atomic mass is 32.2. The molecule has 0 aliphatic heterocycles. The lowest BCUT2D eigenvalue weighted by atomic mass is 10.2. The van der Waals surface area contributed by atoms with E-state index in [2.05, 4.69) is 0 Å². The van der Waals surface area contributed by atoms with E-state index in [0.717, 1.165) is 10.6 Å². The van der Waals surface area contributed by atoms with Crippen LogP contribution in [0.5, 0.6) is 0 Å². The van der Waals surface area contributed by atoms with Crippen LogP contribution in [0.4, 0.5) is 5.69 Å². The summed E-state index contributed by atoms with van der Waals surface area (Å²) in [5.74, 6) is -0.655. The second kappa shape index (κ2) is 6.95. The van der Waals surface area contributed by atoms with Gasteiger partial charge in [-0.1, -0.05) is 18.2 Å². The van der Waals surface area contributed by atoms with Gasteiger partial charge in [0.05, 0.1) is 11.3 Å². The molecule has 0 aliphatic rings. The largest absolute Gasteiger partial charge is 0.478 e. The summed E-state index contributed by atoms with van der Waals surface area (Å²) < 4.78 is 0. The third-order valence-corrected chi connectivity index (χ3v) is 3.98. The van der Waals surface area contributed by atoms with Crippen LogP contribution in [0, 0.1) is 0 Å². The third kappa shape index (κ3) is 4.10. The molecule has 2 aromatic carbocycles. The van der Waals surface area contributed by atoms with Crippen LogP contribution >= 0.6 is 11.8 Å². The number of carbonyl (C=O) groups is 2. The van der Waals surface area contributed by atoms with E-state index >= 15 is 0 Å². The molecule has 108 valence electrons. The number of benzene rings is 2. The van der Waals surface area contributed by atoms with E-state index in [1.165, 1.54) is 23.9 Å². The van der Waals surface area contributed by atoms with Crippen LogP contribution in [0.3, 0.4) is 0 Å². The number of para-hydroxylation sites is 1. The molecular weight excluding hydrogens is 286 g/mol. The van der Waals surface area contributed by atoms with Gasteiger partial charge in [0.25, 0.3) is 0 Å². The fourth-order valence-corrected chi connectivity index (χ4v) is 2.54. The molecule has 0 aliphatic carbocycles. The molecule has 0 saturated heterocycles. The van der Waals surface area contributed by atoms with E-state index in [4.69, 9.17) is 5.11 Å². The van der Waals surface area contributed by atoms with Gasteiger partial charge in [-0.3, -0.25) is 4.79 Å². The molecule has 4 nitrogen and oxygen atoms in total. The Balaban J connectivity index is 1.93. The Morgan fingerprint density at radius 2 is 1.67 bits per heavy atom. The average molecular weight is 301 g/mol. The normalized spacial score (nSPS) is 10.1. The molecule has 2 aromatic rings. The maximum atomic E-state index is 12.1. The third-order valence-electron chi connectivity index (χ3n) is 2.98. The Morgan fingerprint density at radius 3 is 2.24 bits per heavy atom. The topological polar surface area (TPSA) is 57.6 Å². The number of rotatable bonds is 5. The number of hydrogen-bond acceptors (Lipinski definition) is 3. The maximum absolute atomic E-state index is 12.1. The molecule has 2 rings (SSSR count). The summed E-state index contributed by atoms with van der Waals surface area (Å²) in [4.78, 5) is 25.3. The van der Waals surface area contributed by atoms with Gasteiger partial charge in [0, 0.05) is 17.6 Å². The lowest BCUT2D eigenvalue weighted by Crippen LogP contribution is -2.27. The Kier molecular flexibility index (Phi) is 5.00. The molecule has 5 heteroatoms. The Morgan fingerprint density at radius 1 is 1.05 bits per heavy atom. The molecule has 0 heterocycles. The van der Waals surface area contributed by atoms with E-state index < -0.39 is 5.97 Å². The summed E-state index contributed by atoms with van der Waals surface area (Å²) in [5.41, 5.74) is 1.09. The number of hydrogen-bond donors (Lipinski definition) is 1. The smallest absolute Gasteiger partial charge is 0.335 e. The number of nitrogens with zero attached hydrogens (tertiary/aromatic N) is 1. The van der Waals surface area contributed by atoms with E-state index in [9.17, 15) is 9.59 Å². The van der Waals surface area contributed by atoms with Crippen molar-refractivity contribution >= 4 is 29.3 Å². The number of carboxylic acids is 1.